The molecule has 3 aromatic rings. The van der Waals surface area contributed by atoms with Crippen LogP contribution in [0.3, 0.4) is 0 Å². The van der Waals surface area contributed by atoms with Crippen molar-refractivity contribution in [2.75, 3.05) is 74.5 Å². The van der Waals surface area contributed by atoms with E-state index in [9.17, 15) is 4.79 Å². The first-order valence-electron chi connectivity index (χ1n) is 16.6. The topological polar surface area (TPSA) is 33.3 Å². The van der Waals surface area contributed by atoms with Crippen LogP contribution < -0.4 is 0 Å². The number of piperazine rings is 1. The smallest absolute Gasteiger partial charge is 0.227 e. The molecule has 1 amide bonds. The van der Waals surface area contributed by atoms with Gasteiger partial charge in [-0.3, -0.25) is 9.69 Å². The van der Waals surface area contributed by atoms with Crippen LogP contribution in [-0.4, -0.2) is 123 Å². The highest BCUT2D eigenvalue weighted by Gasteiger charge is 2.35. The second-order valence-electron chi connectivity index (χ2n) is 13.9. The molecule has 0 aliphatic carbocycles. The Morgan fingerprint density at radius 1 is 0.886 bits per heavy atom. The SMILES string of the molecule is Cc1ccc(CC(CN2CC(C)N(C(=O)Cc3ccc4ccccc4c3)CC2CCCN(C)CCN(C)C)N(C)C)c(C)c1. The van der Waals surface area contributed by atoms with E-state index in [2.05, 4.69) is 141 Å². The Morgan fingerprint density at radius 2 is 1.64 bits per heavy atom. The summed E-state index contributed by atoms with van der Waals surface area (Å²) in [6.07, 6.45) is 3.73. The van der Waals surface area contributed by atoms with Gasteiger partial charge in [-0.05, 0) is 109 Å². The van der Waals surface area contributed by atoms with Gasteiger partial charge in [0.2, 0.25) is 5.91 Å². The first kappa shape index (κ1) is 34.1. The molecular weight excluding hydrogens is 542 g/mol. The fourth-order valence-electron chi connectivity index (χ4n) is 6.67. The van der Waals surface area contributed by atoms with Gasteiger partial charge in [-0.25, -0.2) is 0 Å². The molecule has 1 heterocycles. The van der Waals surface area contributed by atoms with Gasteiger partial charge < -0.3 is 19.6 Å². The van der Waals surface area contributed by atoms with E-state index in [0.29, 0.717) is 18.5 Å². The highest BCUT2D eigenvalue weighted by atomic mass is 16.2. The molecule has 0 radical (unpaired) electrons. The van der Waals surface area contributed by atoms with Gasteiger partial charge in [-0.15, -0.1) is 0 Å². The Labute approximate surface area is 267 Å². The molecule has 1 saturated heterocycles. The monoisotopic (exact) mass is 599 g/mol. The second kappa shape index (κ2) is 16.0. The Balaban J connectivity index is 1.47. The third-order valence-electron chi connectivity index (χ3n) is 9.58. The van der Waals surface area contributed by atoms with E-state index in [0.717, 1.165) is 64.1 Å². The van der Waals surface area contributed by atoms with Crippen LogP contribution in [0.2, 0.25) is 0 Å². The first-order chi connectivity index (χ1) is 21.0. The first-order valence-corrected chi connectivity index (χ1v) is 16.6. The van der Waals surface area contributed by atoms with Gasteiger partial charge >= 0.3 is 0 Å². The van der Waals surface area contributed by atoms with E-state index in [4.69, 9.17) is 0 Å². The average Bonchev–Trinajstić information content (AvgIpc) is 2.97. The number of nitrogens with zero attached hydrogens (tertiary/aromatic N) is 5. The molecule has 0 spiro atoms. The lowest BCUT2D eigenvalue weighted by Crippen LogP contribution is -2.61. The zero-order valence-electron chi connectivity index (χ0n) is 28.7. The molecule has 44 heavy (non-hydrogen) atoms. The van der Waals surface area contributed by atoms with Crippen molar-refractivity contribution in [1.29, 1.82) is 0 Å². The summed E-state index contributed by atoms with van der Waals surface area (Å²) in [4.78, 5) is 25.8. The predicted molar refractivity (Wildman–Crippen MR) is 187 cm³/mol. The molecular formula is C38H57N5O. The van der Waals surface area contributed by atoms with Crippen LogP contribution in [0.15, 0.2) is 60.7 Å². The number of rotatable bonds is 14. The van der Waals surface area contributed by atoms with Crippen molar-refractivity contribution in [2.24, 2.45) is 0 Å². The van der Waals surface area contributed by atoms with Gasteiger partial charge in [-0.2, -0.15) is 0 Å². The van der Waals surface area contributed by atoms with Crippen LogP contribution in [0, 0.1) is 13.8 Å². The van der Waals surface area contributed by atoms with Gasteiger partial charge in [0.15, 0.2) is 0 Å². The van der Waals surface area contributed by atoms with E-state index in [1.54, 1.807) is 0 Å². The highest BCUT2D eigenvalue weighted by Crippen LogP contribution is 2.24. The molecule has 6 nitrogen and oxygen atoms in total. The summed E-state index contributed by atoms with van der Waals surface area (Å²) < 4.78 is 0. The molecule has 3 aromatic carbocycles. The minimum Gasteiger partial charge on any atom is -0.337 e. The van der Waals surface area contributed by atoms with Crippen LogP contribution in [-0.2, 0) is 17.6 Å². The third kappa shape index (κ3) is 9.61. The minimum absolute atomic E-state index is 0.186. The van der Waals surface area contributed by atoms with Crippen molar-refractivity contribution in [3.8, 4) is 0 Å². The predicted octanol–water partition coefficient (Wildman–Crippen LogP) is 5.35. The van der Waals surface area contributed by atoms with Crippen LogP contribution in [0.25, 0.3) is 10.8 Å². The number of benzene rings is 3. The van der Waals surface area contributed by atoms with Gasteiger partial charge in [0.25, 0.3) is 0 Å². The number of fused-ring (bicyclic) bond motifs is 1. The summed E-state index contributed by atoms with van der Waals surface area (Å²) in [7, 11) is 10.9. The van der Waals surface area contributed by atoms with Crippen LogP contribution >= 0.6 is 0 Å². The fourth-order valence-corrected chi connectivity index (χ4v) is 6.67. The van der Waals surface area contributed by atoms with E-state index >= 15 is 0 Å². The van der Waals surface area contributed by atoms with Crippen LogP contribution in [0.4, 0.5) is 0 Å². The standard InChI is InChI=1S/C38H57N5O/c1-29-15-17-34(30(2)22-29)25-37(40(6)7)27-42-26-31(3)43(28-36(42)14-11-19-41(8)21-20-39(4)5)38(44)24-32-16-18-33-12-9-10-13-35(33)23-32/h9-10,12-13,15-18,22-23,31,36-37H,11,14,19-21,24-28H2,1-8H3. The molecule has 6 heteroatoms. The largest absolute Gasteiger partial charge is 0.337 e. The normalized spacial score (nSPS) is 18.6. The summed E-state index contributed by atoms with van der Waals surface area (Å²) in [6, 6.07) is 22.7. The lowest BCUT2D eigenvalue weighted by atomic mass is 9.96. The van der Waals surface area contributed by atoms with Gasteiger partial charge in [0, 0.05) is 50.8 Å². The Kier molecular flexibility index (Phi) is 12.4. The summed E-state index contributed by atoms with van der Waals surface area (Å²) in [5.41, 5.74) is 5.24. The van der Waals surface area contributed by atoms with Crippen molar-refractivity contribution in [3.63, 3.8) is 0 Å². The molecule has 0 N–H and O–H groups in total. The molecule has 3 atom stereocenters. The Morgan fingerprint density at radius 3 is 2.34 bits per heavy atom. The lowest BCUT2D eigenvalue weighted by Gasteiger charge is -2.47. The summed E-state index contributed by atoms with van der Waals surface area (Å²) >= 11 is 0. The van der Waals surface area contributed by atoms with E-state index in [1.165, 1.54) is 27.5 Å². The third-order valence-corrected chi connectivity index (χ3v) is 9.58. The van der Waals surface area contributed by atoms with Crippen LogP contribution in [0.5, 0.6) is 0 Å². The highest BCUT2D eigenvalue weighted by molar-refractivity contribution is 5.85. The maximum absolute atomic E-state index is 13.8. The summed E-state index contributed by atoms with van der Waals surface area (Å²) in [5, 5.41) is 2.42. The Bertz CT molecular complexity index is 1350. The average molecular weight is 600 g/mol. The zero-order chi connectivity index (χ0) is 31.8. The molecule has 0 bridgehead atoms. The van der Waals surface area contributed by atoms with Crippen molar-refractivity contribution in [1.82, 2.24) is 24.5 Å². The summed E-state index contributed by atoms with van der Waals surface area (Å²) in [5.74, 6) is 0.250. The van der Waals surface area contributed by atoms with Crippen molar-refractivity contribution < 1.29 is 4.79 Å². The second-order valence-corrected chi connectivity index (χ2v) is 13.9. The molecule has 0 aromatic heterocycles. The maximum Gasteiger partial charge on any atom is 0.227 e. The van der Waals surface area contributed by atoms with Gasteiger partial charge in [0.1, 0.15) is 0 Å². The molecule has 4 rings (SSSR count). The van der Waals surface area contributed by atoms with Gasteiger partial charge in [-0.1, -0.05) is 66.2 Å². The molecule has 1 fully saturated rings. The molecule has 1 aliphatic heterocycles. The van der Waals surface area contributed by atoms with Crippen molar-refractivity contribution >= 4 is 16.7 Å². The lowest BCUT2D eigenvalue weighted by molar-refractivity contribution is -0.137. The molecule has 0 saturated carbocycles. The van der Waals surface area contributed by atoms with E-state index in [-0.39, 0.29) is 11.9 Å². The number of hydrogen-bond acceptors (Lipinski definition) is 5. The van der Waals surface area contributed by atoms with E-state index in [1.807, 2.05) is 0 Å². The quantitative estimate of drug-likeness (QED) is 0.250. The number of carbonyl (C=O) groups is 1. The molecule has 1 aliphatic rings. The van der Waals surface area contributed by atoms with Crippen molar-refractivity contribution in [3.05, 3.63) is 82.9 Å². The number of carbonyl (C=O) groups excluding carboxylic acids is 1. The zero-order valence-corrected chi connectivity index (χ0v) is 28.7. The number of amides is 1. The molecule has 240 valence electrons. The fraction of sp³-hybridized carbons (Fsp3) is 0.553. The number of hydrogen-bond donors (Lipinski definition) is 0. The van der Waals surface area contributed by atoms with E-state index < -0.39 is 0 Å². The van der Waals surface area contributed by atoms with Crippen molar-refractivity contribution in [2.45, 2.75) is 64.6 Å². The maximum atomic E-state index is 13.8. The minimum atomic E-state index is 0.186. The number of likely N-dealkylation sites (N-methyl/N-ethyl adjacent to an activating group) is 3. The Hall–Kier alpha value is -2.77. The van der Waals surface area contributed by atoms with Crippen LogP contribution in [0.1, 0.15) is 42.0 Å². The number of aryl methyl sites for hydroxylation is 2. The van der Waals surface area contributed by atoms with Gasteiger partial charge in [0.05, 0.1) is 6.42 Å². The molecule has 3 unspecified atom stereocenters. The summed E-state index contributed by atoms with van der Waals surface area (Å²) in [6.45, 7) is 12.6.